The molecule has 0 aromatic heterocycles. The second kappa shape index (κ2) is 12.9. The molecule has 9 nitrogen and oxygen atoms in total. The van der Waals surface area contributed by atoms with Crippen LogP contribution in [0.3, 0.4) is 0 Å². The quantitative estimate of drug-likeness (QED) is 0.397. The number of likely N-dealkylation sites (N-methyl/N-ethyl adjacent to an activating group) is 1. The Bertz CT molecular complexity index is 1470. The van der Waals surface area contributed by atoms with Crippen LogP contribution in [0.1, 0.15) is 28.9 Å². The molecule has 3 amide bonds. The largest absolute Gasteiger partial charge is 0.463 e. The van der Waals surface area contributed by atoms with E-state index in [0.717, 1.165) is 0 Å². The molecule has 1 saturated heterocycles. The number of nitrogens with one attached hydrogen (secondary N) is 1. The highest BCUT2D eigenvalue weighted by Gasteiger charge is 2.38. The number of carbonyl (C=O) groups excluding carboxylic acids is 3. The van der Waals surface area contributed by atoms with Gasteiger partial charge >= 0.3 is 12.0 Å². The molecule has 1 atom stereocenters. The van der Waals surface area contributed by atoms with Gasteiger partial charge in [0.2, 0.25) is 0 Å². The smallest absolute Gasteiger partial charge is 0.338 e. The third-order valence-electron chi connectivity index (χ3n) is 7.37. The average molecular weight is 573 g/mol. The molecule has 0 bridgehead atoms. The minimum absolute atomic E-state index is 0.159. The summed E-state index contributed by atoms with van der Waals surface area (Å²) in [7, 11) is 1.63. The fourth-order valence-corrected chi connectivity index (χ4v) is 5.13. The first-order chi connectivity index (χ1) is 20.3. The van der Waals surface area contributed by atoms with Gasteiger partial charge < -0.3 is 19.7 Å². The van der Waals surface area contributed by atoms with Gasteiger partial charge in [-0.3, -0.25) is 14.6 Å². The summed E-state index contributed by atoms with van der Waals surface area (Å²) in [6.45, 7) is 4.21. The third kappa shape index (κ3) is 6.44. The van der Waals surface area contributed by atoms with Crippen LogP contribution in [-0.2, 0) is 9.53 Å². The zero-order valence-electron chi connectivity index (χ0n) is 23.6. The maximum Gasteiger partial charge on any atom is 0.338 e. The Kier molecular flexibility index (Phi) is 8.83. The van der Waals surface area contributed by atoms with E-state index in [1.165, 1.54) is 29.2 Å². The first-order valence-corrected chi connectivity index (χ1v) is 13.9. The molecule has 0 aliphatic carbocycles. The maximum absolute atomic E-state index is 13.4. The standard InChI is InChI=1S/C32H33FN4O5/c1-3-41-31(39)28-27(21-36-16-18-37(19-17-36)30(38)22-12-14-24(33)15-13-22)35(2)32(40)34-29(28)23-8-7-11-26(20-23)42-25-9-5-4-6-10-25/h4-15,20,29H,3,16-19,21H2,1-2H3,(H,34,40)/t29-/m0/s1. The summed E-state index contributed by atoms with van der Waals surface area (Å²) in [6.07, 6.45) is 0. The Labute approximate surface area is 244 Å². The van der Waals surface area contributed by atoms with Crippen molar-refractivity contribution in [2.75, 3.05) is 46.4 Å². The maximum atomic E-state index is 13.4. The van der Waals surface area contributed by atoms with E-state index in [0.29, 0.717) is 66.6 Å². The molecule has 0 spiro atoms. The van der Waals surface area contributed by atoms with Gasteiger partial charge in [0.1, 0.15) is 17.3 Å². The van der Waals surface area contributed by atoms with Gasteiger partial charge in [0.05, 0.1) is 18.2 Å². The van der Waals surface area contributed by atoms with Gasteiger partial charge in [0.15, 0.2) is 0 Å². The van der Waals surface area contributed by atoms with Gasteiger partial charge in [-0.05, 0) is 61.0 Å². The molecule has 0 unspecified atom stereocenters. The van der Waals surface area contributed by atoms with Gasteiger partial charge in [-0.1, -0.05) is 30.3 Å². The Morgan fingerprint density at radius 3 is 2.31 bits per heavy atom. The SMILES string of the molecule is CCOC(=O)C1=C(CN2CCN(C(=O)c3ccc(F)cc3)CC2)N(C)C(=O)N[C@H]1c1cccc(Oc2ccccc2)c1. The third-order valence-corrected chi connectivity index (χ3v) is 7.37. The lowest BCUT2D eigenvalue weighted by molar-refractivity contribution is -0.139. The molecule has 5 rings (SSSR count). The van der Waals surface area contributed by atoms with Gasteiger partial charge in [-0.25, -0.2) is 14.0 Å². The summed E-state index contributed by atoms with van der Waals surface area (Å²) >= 11 is 0. The summed E-state index contributed by atoms with van der Waals surface area (Å²) in [4.78, 5) is 44.7. The molecule has 218 valence electrons. The van der Waals surface area contributed by atoms with Crippen molar-refractivity contribution in [1.82, 2.24) is 20.0 Å². The topological polar surface area (TPSA) is 91.4 Å². The van der Waals surface area contributed by atoms with Crippen molar-refractivity contribution < 1.29 is 28.2 Å². The van der Waals surface area contributed by atoms with Crippen LogP contribution in [0.2, 0.25) is 0 Å². The first kappa shape index (κ1) is 28.8. The minimum Gasteiger partial charge on any atom is -0.463 e. The summed E-state index contributed by atoms with van der Waals surface area (Å²) < 4.78 is 24.8. The number of hydrogen-bond donors (Lipinski definition) is 1. The van der Waals surface area contributed by atoms with Crippen molar-refractivity contribution in [2.24, 2.45) is 0 Å². The van der Waals surface area contributed by atoms with Crippen molar-refractivity contribution in [3.63, 3.8) is 0 Å². The molecule has 0 saturated carbocycles. The highest BCUT2D eigenvalue weighted by molar-refractivity contribution is 5.95. The van der Waals surface area contributed by atoms with Gasteiger partial charge in [-0.2, -0.15) is 0 Å². The molecule has 2 aliphatic rings. The molecule has 3 aromatic carbocycles. The number of amides is 3. The number of urea groups is 1. The van der Waals surface area contributed by atoms with Crippen molar-refractivity contribution in [2.45, 2.75) is 13.0 Å². The van der Waals surface area contributed by atoms with Crippen LogP contribution in [0, 0.1) is 5.82 Å². The van der Waals surface area contributed by atoms with Crippen LogP contribution in [-0.4, -0.2) is 79.0 Å². The van der Waals surface area contributed by atoms with E-state index in [-0.39, 0.29) is 18.5 Å². The monoisotopic (exact) mass is 572 g/mol. The normalized spacial score (nSPS) is 17.6. The predicted octanol–water partition coefficient (Wildman–Crippen LogP) is 4.59. The zero-order valence-corrected chi connectivity index (χ0v) is 23.6. The number of para-hydroxylation sites is 1. The number of hydrogen-bond acceptors (Lipinski definition) is 6. The molecule has 0 radical (unpaired) electrons. The molecule has 2 aliphatic heterocycles. The molecular formula is C32H33FN4O5. The molecule has 1 fully saturated rings. The lowest BCUT2D eigenvalue weighted by Gasteiger charge is -2.39. The number of carbonyl (C=O) groups is 3. The summed E-state index contributed by atoms with van der Waals surface area (Å²) in [6, 6.07) is 21.0. The van der Waals surface area contributed by atoms with Crippen LogP contribution in [0.5, 0.6) is 11.5 Å². The fourth-order valence-electron chi connectivity index (χ4n) is 5.13. The Hall–Kier alpha value is -4.70. The number of piperazine rings is 1. The molecular weight excluding hydrogens is 539 g/mol. The van der Waals surface area contributed by atoms with E-state index in [9.17, 15) is 18.8 Å². The lowest BCUT2D eigenvalue weighted by Crippen LogP contribution is -2.53. The molecule has 1 N–H and O–H groups in total. The Balaban J connectivity index is 1.38. The molecule has 2 heterocycles. The highest BCUT2D eigenvalue weighted by atomic mass is 19.1. The fraction of sp³-hybridized carbons (Fsp3) is 0.281. The lowest BCUT2D eigenvalue weighted by atomic mass is 9.94. The second-order valence-electron chi connectivity index (χ2n) is 10.1. The van der Waals surface area contributed by atoms with Crippen molar-refractivity contribution in [3.05, 3.63) is 107 Å². The molecule has 3 aromatic rings. The van der Waals surface area contributed by atoms with E-state index in [4.69, 9.17) is 9.47 Å². The number of benzene rings is 3. The number of nitrogens with zero attached hydrogens (tertiary/aromatic N) is 3. The van der Waals surface area contributed by atoms with E-state index in [1.54, 1.807) is 24.9 Å². The van der Waals surface area contributed by atoms with E-state index in [2.05, 4.69) is 10.2 Å². The zero-order chi connectivity index (χ0) is 29.6. The van der Waals surface area contributed by atoms with Crippen LogP contribution < -0.4 is 10.1 Å². The Morgan fingerprint density at radius 1 is 0.929 bits per heavy atom. The summed E-state index contributed by atoms with van der Waals surface area (Å²) in [5, 5.41) is 2.95. The van der Waals surface area contributed by atoms with Crippen LogP contribution >= 0.6 is 0 Å². The molecule has 42 heavy (non-hydrogen) atoms. The van der Waals surface area contributed by atoms with Gasteiger partial charge in [0.25, 0.3) is 5.91 Å². The minimum atomic E-state index is -0.747. The van der Waals surface area contributed by atoms with Gasteiger partial charge in [-0.15, -0.1) is 0 Å². The van der Waals surface area contributed by atoms with E-state index >= 15 is 0 Å². The summed E-state index contributed by atoms with van der Waals surface area (Å²) in [5.41, 5.74) is 2.00. The second-order valence-corrected chi connectivity index (χ2v) is 10.1. The van der Waals surface area contributed by atoms with Crippen molar-refractivity contribution >= 4 is 17.9 Å². The number of halogens is 1. The van der Waals surface area contributed by atoms with Crippen LogP contribution in [0.25, 0.3) is 0 Å². The van der Waals surface area contributed by atoms with Crippen molar-refractivity contribution in [3.8, 4) is 11.5 Å². The number of ether oxygens (including phenoxy) is 2. The van der Waals surface area contributed by atoms with Crippen LogP contribution in [0.4, 0.5) is 9.18 Å². The summed E-state index contributed by atoms with van der Waals surface area (Å²) in [5.74, 6) is 0.174. The average Bonchev–Trinajstić information content (AvgIpc) is 3.00. The number of rotatable bonds is 8. The van der Waals surface area contributed by atoms with E-state index in [1.807, 2.05) is 48.5 Å². The van der Waals surface area contributed by atoms with Crippen LogP contribution in [0.15, 0.2) is 90.1 Å². The highest BCUT2D eigenvalue weighted by Crippen LogP contribution is 2.34. The number of esters is 1. The van der Waals surface area contributed by atoms with Crippen molar-refractivity contribution in [1.29, 1.82) is 0 Å². The molecule has 10 heteroatoms. The first-order valence-electron chi connectivity index (χ1n) is 13.9. The Morgan fingerprint density at radius 2 is 1.62 bits per heavy atom. The predicted molar refractivity (Wildman–Crippen MR) is 154 cm³/mol. The van der Waals surface area contributed by atoms with E-state index < -0.39 is 17.8 Å². The van der Waals surface area contributed by atoms with Gasteiger partial charge in [0, 0.05) is 51.0 Å².